The van der Waals surface area contributed by atoms with E-state index in [4.69, 9.17) is 0 Å². The Labute approximate surface area is 84.0 Å². The molecule has 0 spiro atoms. The molecule has 80 valence electrons. The molecule has 0 aromatic heterocycles. The van der Waals surface area contributed by atoms with Crippen molar-refractivity contribution in [2.75, 3.05) is 7.11 Å². The predicted molar refractivity (Wildman–Crippen MR) is 51.9 cm³/mol. The van der Waals surface area contributed by atoms with Crippen LogP contribution in [0.4, 0.5) is 4.79 Å². The van der Waals surface area contributed by atoms with Crippen LogP contribution in [0.1, 0.15) is 26.7 Å². The van der Waals surface area contributed by atoms with E-state index in [1.54, 1.807) is 0 Å². The fraction of sp³-hybridized carbons (Fsp3) is 0.800. The summed E-state index contributed by atoms with van der Waals surface area (Å²) in [6.07, 6.45) is 1.05. The Morgan fingerprint density at radius 3 is 2.50 bits per heavy atom. The van der Waals surface area contributed by atoms with Gasteiger partial charge in [0.05, 0.1) is 13.2 Å². The summed E-state index contributed by atoms with van der Waals surface area (Å²) < 4.78 is 4.46. The van der Waals surface area contributed by atoms with Crippen LogP contribution in [-0.4, -0.2) is 25.0 Å². The molecule has 14 heavy (non-hydrogen) atoms. The van der Waals surface area contributed by atoms with Crippen LogP contribution in [0, 0.1) is 11.8 Å². The van der Waals surface area contributed by atoms with Crippen LogP contribution in [0.2, 0.25) is 0 Å². The smallest absolute Gasteiger partial charge is 0.407 e. The van der Waals surface area contributed by atoms with Crippen LogP contribution in [0.3, 0.4) is 0 Å². The maximum atomic E-state index is 11.7. The Morgan fingerprint density at radius 1 is 1.57 bits per heavy atom. The van der Waals surface area contributed by atoms with Gasteiger partial charge in [-0.15, -0.1) is 0 Å². The Hall–Kier alpha value is -1.06. The lowest BCUT2D eigenvalue weighted by Crippen LogP contribution is -2.41. The number of alkyl carbamates (subject to hydrolysis) is 1. The first kappa shape index (κ1) is 11.0. The summed E-state index contributed by atoms with van der Waals surface area (Å²) in [6, 6.07) is -0.377. The van der Waals surface area contributed by atoms with Crippen LogP contribution in [0.15, 0.2) is 0 Å². The van der Waals surface area contributed by atoms with Crippen LogP contribution in [0.5, 0.6) is 0 Å². The first-order valence-electron chi connectivity index (χ1n) is 4.98. The van der Waals surface area contributed by atoms with Crippen molar-refractivity contribution in [2.45, 2.75) is 32.7 Å². The maximum Gasteiger partial charge on any atom is 0.407 e. The number of amides is 1. The molecule has 1 fully saturated rings. The number of Topliss-reactive ketones (excluding diaryl/α,β-unsaturated/α-hetero) is 1. The third-order valence-electron chi connectivity index (χ3n) is 2.70. The summed E-state index contributed by atoms with van der Waals surface area (Å²) in [5.41, 5.74) is 0. The van der Waals surface area contributed by atoms with Crippen molar-refractivity contribution >= 4 is 11.9 Å². The SMILES string of the molecule is CCC(NC(=O)OC)C(=O)C1CC1C. The van der Waals surface area contributed by atoms with Gasteiger partial charge in [0.1, 0.15) is 0 Å². The minimum atomic E-state index is -0.529. The third-order valence-corrected chi connectivity index (χ3v) is 2.70. The zero-order valence-electron chi connectivity index (χ0n) is 8.87. The van der Waals surface area contributed by atoms with Gasteiger partial charge in [0.25, 0.3) is 0 Å². The highest BCUT2D eigenvalue weighted by Crippen LogP contribution is 2.39. The van der Waals surface area contributed by atoms with Gasteiger partial charge in [0.15, 0.2) is 5.78 Å². The fourth-order valence-corrected chi connectivity index (χ4v) is 1.55. The molecule has 1 aliphatic rings. The van der Waals surface area contributed by atoms with E-state index in [1.165, 1.54) is 7.11 Å². The molecule has 3 atom stereocenters. The number of carbonyl (C=O) groups is 2. The summed E-state index contributed by atoms with van der Waals surface area (Å²) in [5, 5.41) is 2.55. The number of nitrogens with one attached hydrogen (secondary N) is 1. The largest absolute Gasteiger partial charge is 0.453 e. The van der Waals surface area contributed by atoms with Crippen molar-refractivity contribution in [3.63, 3.8) is 0 Å². The van der Waals surface area contributed by atoms with E-state index in [0.29, 0.717) is 12.3 Å². The predicted octanol–water partition coefficient (Wildman–Crippen LogP) is 1.35. The zero-order valence-corrected chi connectivity index (χ0v) is 8.87. The average Bonchev–Trinajstić information content (AvgIpc) is 2.90. The Balaban J connectivity index is 2.45. The molecule has 4 heteroatoms. The maximum absolute atomic E-state index is 11.7. The van der Waals surface area contributed by atoms with E-state index < -0.39 is 6.09 Å². The number of hydrogen-bond acceptors (Lipinski definition) is 3. The monoisotopic (exact) mass is 199 g/mol. The third kappa shape index (κ3) is 2.47. The van der Waals surface area contributed by atoms with Crippen molar-refractivity contribution in [1.82, 2.24) is 5.32 Å². The van der Waals surface area contributed by atoms with Crippen molar-refractivity contribution in [1.29, 1.82) is 0 Å². The summed E-state index contributed by atoms with van der Waals surface area (Å²) in [5.74, 6) is 0.776. The molecule has 0 aromatic carbocycles. The molecule has 1 rings (SSSR count). The lowest BCUT2D eigenvalue weighted by molar-refractivity contribution is -0.122. The van der Waals surface area contributed by atoms with E-state index in [9.17, 15) is 9.59 Å². The minimum absolute atomic E-state index is 0.144. The highest BCUT2D eigenvalue weighted by molar-refractivity contribution is 5.91. The molecule has 0 radical (unpaired) electrons. The normalized spacial score (nSPS) is 26.5. The first-order valence-corrected chi connectivity index (χ1v) is 4.98. The van der Waals surface area contributed by atoms with E-state index >= 15 is 0 Å². The molecule has 1 N–H and O–H groups in total. The first-order chi connectivity index (χ1) is 6.60. The van der Waals surface area contributed by atoms with Crippen LogP contribution >= 0.6 is 0 Å². The van der Waals surface area contributed by atoms with E-state index in [1.807, 2.05) is 13.8 Å². The molecule has 1 saturated carbocycles. The highest BCUT2D eigenvalue weighted by atomic mass is 16.5. The van der Waals surface area contributed by atoms with Crippen molar-refractivity contribution in [2.24, 2.45) is 11.8 Å². The average molecular weight is 199 g/mol. The zero-order chi connectivity index (χ0) is 10.7. The Bertz CT molecular complexity index is 240. The number of hydrogen-bond donors (Lipinski definition) is 1. The molecule has 0 aromatic rings. The van der Waals surface area contributed by atoms with Crippen LogP contribution in [-0.2, 0) is 9.53 Å². The van der Waals surface area contributed by atoms with Gasteiger partial charge < -0.3 is 10.1 Å². The van der Waals surface area contributed by atoms with Gasteiger partial charge in [-0.3, -0.25) is 4.79 Å². The van der Waals surface area contributed by atoms with Gasteiger partial charge in [0, 0.05) is 5.92 Å². The van der Waals surface area contributed by atoms with E-state index in [2.05, 4.69) is 10.1 Å². The second-order valence-electron chi connectivity index (χ2n) is 3.82. The summed E-state index contributed by atoms with van der Waals surface area (Å²) in [6.45, 7) is 3.93. The summed E-state index contributed by atoms with van der Waals surface area (Å²) >= 11 is 0. The standard InChI is InChI=1S/C10H17NO3/c1-4-8(11-10(13)14-3)9(12)7-5-6(7)2/h6-8H,4-5H2,1-3H3,(H,11,13). The summed E-state index contributed by atoms with van der Waals surface area (Å²) in [7, 11) is 1.30. The molecule has 3 unspecified atom stereocenters. The molecule has 1 amide bonds. The van der Waals surface area contributed by atoms with Crippen molar-refractivity contribution in [3.05, 3.63) is 0 Å². The van der Waals surface area contributed by atoms with Gasteiger partial charge in [-0.1, -0.05) is 13.8 Å². The van der Waals surface area contributed by atoms with Gasteiger partial charge in [-0.25, -0.2) is 4.79 Å². The highest BCUT2D eigenvalue weighted by Gasteiger charge is 2.41. The number of carbonyl (C=O) groups excluding carboxylic acids is 2. The van der Waals surface area contributed by atoms with Crippen LogP contribution < -0.4 is 5.32 Å². The van der Waals surface area contributed by atoms with Crippen molar-refractivity contribution in [3.8, 4) is 0 Å². The number of rotatable bonds is 4. The fourth-order valence-electron chi connectivity index (χ4n) is 1.55. The van der Waals surface area contributed by atoms with Crippen LogP contribution in [0.25, 0.3) is 0 Å². The van der Waals surface area contributed by atoms with Gasteiger partial charge >= 0.3 is 6.09 Å². The topological polar surface area (TPSA) is 55.4 Å². The van der Waals surface area contributed by atoms with Gasteiger partial charge in [-0.2, -0.15) is 0 Å². The molecule has 0 bridgehead atoms. The van der Waals surface area contributed by atoms with Crippen molar-refractivity contribution < 1.29 is 14.3 Å². The van der Waals surface area contributed by atoms with Gasteiger partial charge in [-0.05, 0) is 18.8 Å². The molecule has 0 heterocycles. The minimum Gasteiger partial charge on any atom is -0.453 e. The quantitative estimate of drug-likeness (QED) is 0.743. The lowest BCUT2D eigenvalue weighted by Gasteiger charge is -2.14. The number of ether oxygens (including phenoxy) is 1. The summed E-state index contributed by atoms with van der Waals surface area (Å²) in [4.78, 5) is 22.7. The Kier molecular flexibility index (Phi) is 3.49. The van der Waals surface area contributed by atoms with E-state index in [0.717, 1.165) is 6.42 Å². The second-order valence-corrected chi connectivity index (χ2v) is 3.82. The molecule has 4 nitrogen and oxygen atoms in total. The van der Waals surface area contributed by atoms with Gasteiger partial charge in [0.2, 0.25) is 0 Å². The molecular weight excluding hydrogens is 182 g/mol. The number of ketones is 1. The molecule has 0 saturated heterocycles. The van der Waals surface area contributed by atoms with E-state index in [-0.39, 0.29) is 17.7 Å². The lowest BCUT2D eigenvalue weighted by atomic mass is 10.1. The Morgan fingerprint density at radius 2 is 2.14 bits per heavy atom. The number of methoxy groups -OCH3 is 1. The second kappa shape index (κ2) is 4.44. The molecule has 1 aliphatic carbocycles. The molecular formula is C10H17NO3. The molecule has 0 aliphatic heterocycles.